The van der Waals surface area contributed by atoms with E-state index in [2.05, 4.69) is 33.5 Å². The molecule has 11 heavy (non-hydrogen) atoms. The monoisotopic (exact) mass is 194 g/mol. The molecule has 0 aromatic carbocycles. The summed E-state index contributed by atoms with van der Waals surface area (Å²) in [5.41, 5.74) is 0.127. The molecule has 0 aliphatic carbocycles. The van der Waals surface area contributed by atoms with Gasteiger partial charge in [-0.25, -0.2) is 0 Å². The van der Waals surface area contributed by atoms with Crippen LogP contribution in [0.25, 0.3) is 0 Å². The van der Waals surface area contributed by atoms with Crippen molar-refractivity contribution < 1.29 is 4.43 Å². The van der Waals surface area contributed by atoms with Crippen LogP contribution >= 0.6 is 11.6 Å². The number of hydrogen-bond acceptors (Lipinski definition) is 1. The van der Waals surface area contributed by atoms with Crippen molar-refractivity contribution in [1.29, 1.82) is 0 Å². The predicted octanol–water partition coefficient (Wildman–Crippen LogP) is 3.10. The lowest BCUT2D eigenvalue weighted by molar-refractivity contribution is 0.195. The van der Waals surface area contributed by atoms with Crippen molar-refractivity contribution in [1.82, 2.24) is 0 Å². The van der Waals surface area contributed by atoms with E-state index in [0.717, 1.165) is 6.61 Å². The molecule has 0 amide bonds. The van der Waals surface area contributed by atoms with Gasteiger partial charge in [0.1, 0.15) is 0 Å². The van der Waals surface area contributed by atoms with Crippen LogP contribution in [0.2, 0.25) is 19.6 Å². The van der Waals surface area contributed by atoms with Gasteiger partial charge in [-0.05, 0) is 19.6 Å². The quantitative estimate of drug-likeness (QED) is 0.494. The molecule has 0 saturated carbocycles. The van der Waals surface area contributed by atoms with Crippen molar-refractivity contribution in [2.75, 3.05) is 12.5 Å². The molecule has 0 aromatic rings. The summed E-state index contributed by atoms with van der Waals surface area (Å²) in [6.45, 7) is 11.6. The van der Waals surface area contributed by atoms with E-state index in [-0.39, 0.29) is 5.41 Å². The van der Waals surface area contributed by atoms with E-state index >= 15 is 0 Å². The van der Waals surface area contributed by atoms with E-state index < -0.39 is 8.32 Å². The van der Waals surface area contributed by atoms with Gasteiger partial charge in [-0.2, -0.15) is 0 Å². The zero-order valence-electron chi connectivity index (χ0n) is 8.20. The van der Waals surface area contributed by atoms with Gasteiger partial charge in [0, 0.05) is 17.9 Å². The Morgan fingerprint density at radius 2 is 1.73 bits per heavy atom. The van der Waals surface area contributed by atoms with Gasteiger partial charge in [-0.1, -0.05) is 13.8 Å². The first-order valence-corrected chi connectivity index (χ1v) is 7.91. The third-order valence-electron chi connectivity index (χ3n) is 1.26. The van der Waals surface area contributed by atoms with E-state index in [1.807, 2.05) is 0 Å². The van der Waals surface area contributed by atoms with E-state index in [9.17, 15) is 0 Å². The van der Waals surface area contributed by atoms with Crippen LogP contribution < -0.4 is 0 Å². The third-order valence-corrected chi connectivity index (χ3v) is 2.99. The van der Waals surface area contributed by atoms with Gasteiger partial charge in [0.25, 0.3) is 0 Å². The van der Waals surface area contributed by atoms with Gasteiger partial charge in [0.2, 0.25) is 0 Å². The molecule has 0 fully saturated rings. The maximum atomic E-state index is 5.76. The summed E-state index contributed by atoms with van der Waals surface area (Å²) in [5.74, 6) is 0.664. The zero-order chi connectivity index (χ0) is 9.12. The van der Waals surface area contributed by atoms with Crippen LogP contribution in [-0.4, -0.2) is 20.8 Å². The Bertz CT molecular complexity index is 118. The smallest absolute Gasteiger partial charge is 0.183 e. The van der Waals surface area contributed by atoms with Crippen LogP contribution in [0.5, 0.6) is 0 Å². The van der Waals surface area contributed by atoms with Crippen LogP contribution in [0.1, 0.15) is 13.8 Å². The van der Waals surface area contributed by atoms with Gasteiger partial charge in [-0.15, -0.1) is 11.6 Å². The maximum Gasteiger partial charge on any atom is 0.183 e. The SMILES string of the molecule is CC(C)(CCl)CO[Si](C)(C)C. The highest BCUT2D eigenvalue weighted by Crippen LogP contribution is 2.19. The van der Waals surface area contributed by atoms with Crippen molar-refractivity contribution in [2.45, 2.75) is 33.5 Å². The first-order valence-electron chi connectivity index (χ1n) is 3.97. The summed E-state index contributed by atoms with van der Waals surface area (Å²) in [4.78, 5) is 0. The average Bonchev–Trinajstić information content (AvgIpc) is 1.83. The Hall–Kier alpha value is 0.467. The first-order chi connectivity index (χ1) is 4.77. The highest BCUT2D eigenvalue weighted by molar-refractivity contribution is 6.69. The fourth-order valence-corrected chi connectivity index (χ4v) is 1.35. The van der Waals surface area contributed by atoms with Crippen molar-refractivity contribution >= 4 is 19.9 Å². The Morgan fingerprint density at radius 3 is 2.00 bits per heavy atom. The molecule has 3 heteroatoms. The molecule has 0 unspecified atom stereocenters. The molecule has 0 aliphatic heterocycles. The molecule has 0 bridgehead atoms. The second-order valence-corrected chi connectivity index (χ2v) is 9.48. The minimum Gasteiger partial charge on any atom is -0.417 e. The van der Waals surface area contributed by atoms with Crippen LogP contribution in [0.4, 0.5) is 0 Å². The normalized spacial score (nSPS) is 13.6. The molecule has 0 atom stereocenters. The Kier molecular flexibility index (Phi) is 4.09. The van der Waals surface area contributed by atoms with Crippen LogP contribution in [0.3, 0.4) is 0 Å². The number of alkyl halides is 1. The molecule has 68 valence electrons. The Morgan fingerprint density at radius 1 is 1.27 bits per heavy atom. The van der Waals surface area contributed by atoms with Gasteiger partial charge in [-0.3, -0.25) is 0 Å². The second-order valence-electron chi connectivity index (χ2n) is 4.70. The fourth-order valence-electron chi connectivity index (χ4n) is 0.450. The Balaban J connectivity index is 3.70. The molecular weight excluding hydrogens is 176 g/mol. The minimum atomic E-state index is -1.34. The summed E-state index contributed by atoms with van der Waals surface area (Å²) in [7, 11) is -1.34. The second kappa shape index (κ2) is 3.92. The summed E-state index contributed by atoms with van der Waals surface area (Å²) < 4.78 is 5.74. The van der Waals surface area contributed by atoms with Crippen molar-refractivity contribution in [3.63, 3.8) is 0 Å². The molecular formula is C8H19ClOSi. The molecule has 0 saturated heterocycles. The molecule has 0 heterocycles. The van der Waals surface area contributed by atoms with Gasteiger partial charge in [0.15, 0.2) is 8.32 Å². The van der Waals surface area contributed by atoms with Crippen molar-refractivity contribution in [2.24, 2.45) is 5.41 Å². The lowest BCUT2D eigenvalue weighted by atomic mass is 9.99. The summed E-state index contributed by atoms with van der Waals surface area (Å²) >= 11 is 5.76. The van der Waals surface area contributed by atoms with Crippen LogP contribution in [0.15, 0.2) is 0 Å². The zero-order valence-corrected chi connectivity index (χ0v) is 9.96. The average molecular weight is 195 g/mol. The molecule has 0 spiro atoms. The van der Waals surface area contributed by atoms with Gasteiger partial charge < -0.3 is 4.43 Å². The first kappa shape index (κ1) is 11.5. The molecule has 0 rings (SSSR count). The molecule has 0 radical (unpaired) electrons. The van der Waals surface area contributed by atoms with E-state index in [1.54, 1.807) is 0 Å². The van der Waals surface area contributed by atoms with Crippen molar-refractivity contribution in [3.05, 3.63) is 0 Å². The maximum absolute atomic E-state index is 5.76. The topological polar surface area (TPSA) is 9.23 Å². The van der Waals surface area contributed by atoms with E-state index in [1.165, 1.54) is 0 Å². The van der Waals surface area contributed by atoms with Crippen LogP contribution in [0, 0.1) is 5.41 Å². The van der Waals surface area contributed by atoms with E-state index in [0.29, 0.717) is 5.88 Å². The number of hydrogen-bond donors (Lipinski definition) is 0. The van der Waals surface area contributed by atoms with Gasteiger partial charge >= 0.3 is 0 Å². The van der Waals surface area contributed by atoms with Crippen molar-refractivity contribution in [3.8, 4) is 0 Å². The molecule has 0 N–H and O–H groups in total. The molecule has 0 aromatic heterocycles. The highest BCUT2D eigenvalue weighted by atomic mass is 35.5. The standard InChI is InChI=1S/C8H19ClOSi/c1-8(2,6-9)7-10-11(3,4)5/h6-7H2,1-5H3. The molecule has 1 nitrogen and oxygen atoms in total. The number of rotatable bonds is 4. The predicted molar refractivity (Wildman–Crippen MR) is 53.8 cm³/mol. The number of halogens is 1. The highest BCUT2D eigenvalue weighted by Gasteiger charge is 2.21. The largest absolute Gasteiger partial charge is 0.417 e. The molecule has 0 aliphatic rings. The minimum absolute atomic E-state index is 0.127. The third kappa shape index (κ3) is 6.85. The summed E-state index contributed by atoms with van der Waals surface area (Å²) in [5, 5.41) is 0. The Labute approximate surface area is 76.2 Å². The summed E-state index contributed by atoms with van der Waals surface area (Å²) in [6, 6.07) is 0. The lowest BCUT2D eigenvalue weighted by Gasteiger charge is -2.26. The van der Waals surface area contributed by atoms with Crippen LogP contribution in [-0.2, 0) is 4.43 Å². The van der Waals surface area contributed by atoms with E-state index in [4.69, 9.17) is 16.0 Å². The fraction of sp³-hybridized carbons (Fsp3) is 1.00. The van der Waals surface area contributed by atoms with Gasteiger partial charge in [0.05, 0.1) is 0 Å². The lowest BCUT2D eigenvalue weighted by Crippen LogP contribution is -2.32. The summed E-state index contributed by atoms with van der Waals surface area (Å²) in [6.07, 6.45) is 0.